The number of carbonyl (C=O) groups is 1. The van der Waals surface area contributed by atoms with Gasteiger partial charge in [-0.25, -0.2) is 0 Å². The van der Waals surface area contributed by atoms with Crippen molar-refractivity contribution < 1.29 is 4.79 Å². The van der Waals surface area contributed by atoms with E-state index >= 15 is 0 Å². The Kier molecular flexibility index (Phi) is 3.90. The Morgan fingerprint density at radius 1 is 1.47 bits per heavy atom. The van der Waals surface area contributed by atoms with E-state index < -0.39 is 0 Å². The third-order valence-electron chi connectivity index (χ3n) is 2.93. The predicted molar refractivity (Wildman–Crippen MR) is 77.6 cm³/mol. The maximum Gasteiger partial charge on any atom is 0.259 e. The molecule has 0 radical (unpaired) electrons. The molecule has 1 aromatic heterocycles. The summed E-state index contributed by atoms with van der Waals surface area (Å²) in [7, 11) is 3.45. The van der Waals surface area contributed by atoms with E-state index in [0.29, 0.717) is 17.9 Å². The molecule has 2 aromatic rings. The minimum absolute atomic E-state index is 0.138. The number of rotatable bonds is 3. The second-order valence-corrected chi connectivity index (χ2v) is 5.17. The Hall–Kier alpha value is -1.82. The van der Waals surface area contributed by atoms with Gasteiger partial charge in [0.2, 0.25) is 0 Å². The zero-order valence-electron chi connectivity index (χ0n) is 10.8. The second-order valence-electron chi connectivity index (χ2n) is 4.32. The summed E-state index contributed by atoms with van der Waals surface area (Å²) < 4.78 is 2.47. The van der Waals surface area contributed by atoms with Crippen molar-refractivity contribution in [3.63, 3.8) is 0 Å². The van der Waals surface area contributed by atoms with Crippen LogP contribution in [0.15, 0.2) is 34.9 Å². The normalized spacial score (nSPS) is 10.5. The number of hydrogen-bond acceptors (Lipinski definition) is 3. The van der Waals surface area contributed by atoms with E-state index in [4.69, 9.17) is 5.73 Å². The van der Waals surface area contributed by atoms with Crippen molar-refractivity contribution in [3.8, 4) is 0 Å². The molecule has 0 fully saturated rings. The number of halogens is 1. The minimum atomic E-state index is -0.138. The number of aryl methyl sites for hydroxylation is 1. The molecule has 19 heavy (non-hydrogen) atoms. The predicted octanol–water partition coefficient (Wildman–Crippen LogP) is 2.04. The molecule has 0 bridgehead atoms. The third-order valence-corrected chi connectivity index (χ3v) is 3.70. The molecular formula is C13H15BrN4O. The van der Waals surface area contributed by atoms with Gasteiger partial charge in [-0.2, -0.15) is 5.10 Å². The third kappa shape index (κ3) is 2.78. The van der Waals surface area contributed by atoms with Crippen LogP contribution in [0.5, 0.6) is 0 Å². The molecule has 0 spiro atoms. The monoisotopic (exact) mass is 322 g/mol. The fourth-order valence-electron chi connectivity index (χ4n) is 1.77. The van der Waals surface area contributed by atoms with E-state index in [1.165, 1.54) is 10.9 Å². The second kappa shape index (κ2) is 5.44. The van der Waals surface area contributed by atoms with E-state index in [9.17, 15) is 4.79 Å². The SMILES string of the molecule is CN(Cc1ccccc1Br)C(=O)c1cnn(C)c1N. The molecule has 1 heterocycles. The molecule has 0 unspecified atom stereocenters. The number of anilines is 1. The molecule has 1 aromatic carbocycles. The lowest BCUT2D eigenvalue weighted by Gasteiger charge is -2.17. The van der Waals surface area contributed by atoms with Gasteiger partial charge in [-0.05, 0) is 11.6 Å². The van der Waals surface area contributed by atoms with E-state index in [1.54, 1.807) is 19.0 Å². The van der Waals surface area contributed by atoms with Crippen LogP contribution in [0.3, 0.4) is 0 Å². The van der Waals surface area contributed by atoms with Crippen LogP contribution in [-0.4, -0.2) is 27.6 Å². The fourth-order valence-corrected chi connectivity index (χ4v) is 2.18. The number of aromatic nitrogens is 2. The summed E-state index contributed by atoms with van der Waals surface area (Å²) in [5, 5.41) is 3.98. The van der Waals surface area contributed by atoms with Crippen molar-refractivity contribution in [2.75, 3.05) is 12.8 Å². The first-order valence-corrected chi connectivity index (χ1v) is 6.56. The lowest BCUT2D eigenvalue weighted by atomic mass is 10.2. The number of hydrogen-bond donors (Lipinski definition) is 1. The number of benzene rings is 1. The molecule has 100 valence electrons. The molecule has 6 heteroatoms. The summed E-state index contributed by atoms with van der Waals surface area (Å²) in [6.45, 7) is 0.509. The number of nitrogens with zero attached hydrogens (tertiary/aromatic N) is 3. The van der Waals surface area contributed by atoms with Gasteiger partial charge >= 0.3 is 0 Å². The molecular weight excluding hydrogens is 308 g/mol. The Morgan fingerprint density at radius 3 is 2.74 bits per heavy atom. The van der Waals surface area contributed by atoms with Gasteiger partial charge in [0, 0.05) is 25.1 Å². The van der Waals surface area contributed by atoms with Crippen LogP contribution in [0, 0.1) is 0 Å². The van der Waals surface area contributed by atoms with Crippen LogP contribution in [0.2, 0.25) is 0 Å². The van der Waals surface area contributed by atoms with Crippen molar-refractivity contribution >= 4 is 27.7 Å². The largest absolute Gasteiger partial charge is 0.383 e. The summed E-state index contributed by atoms with van der Waals surface area (Å²) in [5.74, 6) is 0.241. The number of nitrogen functional groups attached to an aromatic ring is 1. The van der Waals surface area contributed by atoms with Crippen molar-refractivity contribution in [2.24, 2.45) is 7.05 Å². The van der Waals surface area contributed by atoms with Crippen LogP contribution in [-0.2, 0) is 13.6 Å². The zero-order valence-corrected chi connectivity index (χ0v) is 12.4. The van der Waals surface area contributed by atoms with Crippen LogP contribution in [0.4, 0.5) is 5.82 Å². The van der Waals surface area contributed by atoms with Gasteiger partial charge in [0.05, 0.1) is 6.20 Å². The summed E-state index contributed by atoms with van der Waals surface area (Å²) in [6.07, 6.45) is 1.49. The summed E-state index contributed by atoms with van der Waals surface area (Å²) in [4.78, 5) is 13.9. The highest BCUT2D eigenvalue weighted by Crippen LogP contribution is 2.19. The van der Waals surface area contributed by atoms with Crippen LogP contribution in [0.25, 0.3) is 0 Å². The molecule has 0 aliphatic heterocycles. The van der Waals surface area contributed by atoms with Crippen molar-refractivity contribution in [1.82, 2.24) is 14.7 Å². The van der Waals surface area contributed by atoms with Crippen molar-refractivity contribution in [3.05, 3.63) is 46.1 Å². The summed E-state index contributed by atoms with van der Waals surface area (Å²) >= 11 is 3.47. The van der Waals surface area contributed by atoms with Crippen LogP contribution < -0.4 is 5.73 Å². The molecule has 0 aliphatic carbocycles. The van der Waals surface area contributed by atoms with Crippen molar-refractivity contribution in [2.45, 2.75) is 6.54 Å². The Labute approximate surface area is 120 Å². The quantitative estimate of drug-likeness (QED) is 0.940. The highest BCUT2D eigenvalue weighted by atomic mass is 79.9. The molecule has 2 N–H and O–H groups in total. The highest BCUT2D eigenvalue weighted by Gasteiger charge is 2.18. The molecule has 1 amide bonds. The first-order chi connectivity index (χ1) is 9.00. The van der Waals surface area contributed by atoms with E-state index in [0.717, 1.165) is 10.0 Å². The summed E-state index contributed by atoms with van der Waals surface area (Å²) in [6, 6.07) is 7.80. The molecule has 5 nitrogen and oxygen atoms in total. The Bertz CT molecular complexity index is 608. The van der Waals surface area contributed by atoms with Gasteiger partial charge in [-0.15, -0.1) is 0 Å². The topological polar surface area (TPSA) is 64.2 Å². The minimum Gasteiger partial charge on any atom is -0.383 e. The first kappa shape index (κ1) is 13.6. The van der Waals surface area contributed by atoms with E-state index in [-0.39, 0.29) is 5.91 Å². The molecule has 0 atom stereocenters. The van der Waals surface area contributed by atoms with Gasteiger partial charge in [0.1, 0.15) is 11.4 Å². The van der Waals surface area contributed by atoms with Gasteiger partial charge in [-0.1, -0.05) is 34.1 Å². The highest BCUT2D eigenvalue weighted by molar-refractivity contribution is 9.10. The number of amides is 1. The maximum absolute atomic E-state index is 12.3. The standard InChI is InChI=1S/C13H15BrN4O/c1-17(8-9-5-3-4-6-11(9)14)13(19)10-7-16-18(2)12(10)15/h3-7H,8,15H2,1-2H3. The Morgan fingerprint density at radius 2 is 2.16 bits per heavy atom. The molecule has 0 saturated heterocycles. The average molecular weight is 323 g/mol. The van der Waals surface area contributed by atoms with Gasteiger partial charge in [0.25, 0.3) is 5.91 Å². The number of nitrogens with two attached hydrogens (primary N) is 1. The Balaban J connectivity index is 2.17. The van der Waals surface area contributed by atoms with E-state index in [2.05, 4.69) is 21.0 Å². The molecule has 0 saturated carbocycles. The van der Waals surface area contributed by atoms with E-state index in [1.807, 2.05) is 24.3 Å². The lowest BCUT2D eigenvalue weighted by molar-refractivity contribution is 0.0786. The summed E-state index contributed by atoms with van der Waals surface area (Å²) in [5.41, 5.74) is 7.28. The molecule has 2 rings (SSSR count). The van der Waals surface area contributed by atoms with Gasteiger partial charge in [-0.3, -0.25) is 9.48 Å². The molecule has 0 aliphatic rings. The first-order valence-electron chi connectivity index (χ1n) is 5.77. The van der Waals surface area contributed by atoms with Crippen molar-refractivity contribution in [1.29, 1.82) is 0 Å². The number of carbonyl (C=O) groups excluding carboxylic acids is 1. The average Bonchev–Trinajstić information content (AvgIpc) is 2.72. The smallest absolute Gasteiger partial charge is 0.259 e. The van der Waals surface area contributed by atoms with Crippen LogP contribution >= 0.6 is 15.9 Å². The van der Waals surface area contributed by atoms with Gasteiger partial charge < -0.3 is 10.6 Å². The lowest BCUT2D eigenvalue weighted by Crippen LogP contribution is -2.26. The van der Waals surface area contributed by atoms with Crippen LogP contribution in [0.1, 0.15) is 15.9 Å². The van der Waals surface area contributed by atoms with Gasteiger partial charge in [0.15, 0.2) is 0 Å². The fraction of sp³-hybridized carbons (Fsp3) is 0.231. The maximum atomic E-state index is 12.3. The zero-order chi connectivity index (χ0) is 14.0.